The third-order valence-electron chi connectivity index (χ3n) is 4.61. The largest absolute Gasteiger partial charge is 0.487 e. The molecule has 0 radical (unpaired) electrons. The predicted molar refractivity (Wildman–Crippen MR) is 120 cm³/mol. The molecule has 0 aliphatic heterocycles. The Morgan fingerprint density at radius 3 is 2.76 bits per heavy atom. The number of halogens is 3. The highest BCUT2D eigenvalue weighted by Crippen LogP contribution is 2.28. The van der Waals surface area contributed by atoms with Crippen LogP contribution in [0.5, 0.6) is 5.75 Å². The molecule has 4 aromatic rings. The SMILES string of the molecule is CCn1cc(Br)c(-c2ccnc3cc(C(=O)Nc4cc(OCC(F)F)cc([N+](=O)[O-])c4)nn23)n1. The second-order valence-corrected chi connectivity index (χ2v) is 7.79. The molecule has 34 heavy (non-hydrogen) atoms. The first-order valence-corrected chi connectivity index (χ1v) is 10.6. The highest BCUT2D eigenvalue weighted by Gasteiger charge is 2.19. The van der Waals surface area contributed by atoms with E-state index in [2.05, 4.69) is 36.4 Å². The molecule has 0 saturated carbocycles. The van der Waals surface area contributed by atoms with Gasteiger partial charge in [0.25, 0.3) is 18.0 Å². The van der Waals surface area contributed by atoms with Gasteiger partial charge in [0.1, 0.15) is 18.1 Å². The molecule has 0 aliphatic rings. The van der Waals surface area contributed by atoms with Gasteiger partial charge in [0.05, 0.1) is 26.8 Å². The van der Waals surface area contributed by atoms with Gasteiger partial charge in [0.15, 0.2) is 11.3 Å². The summed E-state index contributed by atoms with van der Waals surface area (Å²) in [7, 11) is 0. The zero-order chi connectivity index (χ0) is 24.4. The summed E-state index contributed by atoms with van der Waals surface area (Å²) in [5, 5.41) is 22.5. The number of fused-ring (bicyclic) bond motifs is 1. The molecule has 3 heterocycles. The molecule has 3 aromatic heterocycles. The molecule has 0 saturated heterocycles. The minimum absolute atomic E-state index is 0.0156. The Hall–Kier alpha value is -3.94. The summed E-state index contributed by atoms with van der Waals surface area (Å²) in [5.74, 6) is -0.866. The average molecular weight is 536 g/mol. The van der Waals surface area contributed by atoms with Crippen LogP contribution in [0.1, 0.15) is 17.4 Å². The number of benzene rings is 1. The maximum absolute atomic E-state index is 12.8. The van der Waals surface area contributed by atoms with Gasteiger partial charge >= 0.3 is 0 Å². The molecule has 0 spiro atoms. The number of hydrogen-bond donors (Lipinski definition) is 1. The summed E-state index contributed by atoms with van der Waals surface area (Å²) < 4.78 is 33.7. The van der Waals surface area contributed by atoms with Crippen LogP contribution in [0.15, 0.2) is 47.2 Å². The van der Waals surface area contributed by atoms with E-state index >= 15 is 0 Å². The van der Waals surface area contributed by atoms with Crippen LogP contribution in [0.25, 0.3) is 17.0 Å². The van der Waals surface area contributed by atoms with Crippen molar-refractivity contribution in [1.82, 2.24) is 24.4 Å². The van der Waals surface area contributed by atoms with E-state index in [1.54, 1.807) is 16.9 Å². The van der Waals surface area contributed by atoms with E-state index in [1.807, 2.05) is 13.1 Å². The van der Waals surface area contributed by atoms with Crippen LogP contribution in [0.3, 0.4) is 0 Å². The summed E-state index contributed by atoms with van der Waals surface area (Å²) in [5.41, 5.74) is 1.09. The van der Waals surface area contributed by atoms with Crippen molar-refractivity contribution in [1.29, 1.82) is 0 Å². The van der Waals surface area contributed by atoms with Crippen molar-refractivity contribution < 1.29 is 23.2 Å². The average Bonchev–Trinajstić information content (AvgIpc) is 3.40. The van der Waals surface area contributed by atoms with Crippen molar-refractivity contribution in [3.63, 3.8) is 0 Å². The fourth-order valence-corrected chi connectivity index (χ4v) is 3.64. The van der Waals surface area contributed by atoms with Gasteiger partial charge in [0.2, 0.25) is 0 Å². The number of non-ortho nitro benzene ring substituents is 1. The van der Waals surface area contributed by atoms with Gasteiger partial charge in [-0.2, -0.15) is 10.2 Å². The van der Waals surface area contributed by atoms with Gasteiger partial charge in [-0.15, -0.1) is 0 Å². The van der Waals surface area contributed by atoms with Crippen LogP contribution in [-0.4, -0.2) is 48.2 Å². The molecule has 0 fully saturated rings. The molecule has 1 amide bonds. The number of anilines is 1. The molecule has 0 unspecified atom stereocenters. The van der Waals surface area contributed by atoms with Crippen LogP contribution in [0.4, 0.5) is 20.2 Å². The molecular weight excluding hydrogens is 520 g/mol. The number of aryl methyl sites for hydroxylation is 1. The number of hydrogen-bond acceptors (Lipinski definition) is 7. The number of carbonyl (C=O) groups excluding carboxylic acids is 1. The molecule has 0 bridgehead atoms. The van der Waals surface area contributed by atoms with Gasteiger partial charge < -0.3 is 10.1 Å². The summed E-state index contributed by atoms with van der Waals surface area (Å²) in [6.45, 7) is 1.66. The molecule has 14 heteroatoms. The van der Waals surface area contributed by atoms with Crippen molar-refractivity contribution in [2.45, 2.75) is 19.9 Å². The van der Waals surface area contributed by atoms with Gasteiger partial charge in [0, 0.05) is 37.1 Å². The normalized spacial score (nSPS) is 11.2. The maximum Gasteiger partial charge on any atom is 0.276 e. The lowest BCUT2D eigenvalue weighted by Crippen LogP contribution is -2.13. The maximum atomic E-state index is 12.8. The summed E-state index contributed by atoms with van der Waals surface area (Å²) in [4.78, 5) is 27.5. The fourth-order valence-electron chi connectivity index (χ4n) is 3.12. The van der Waals surface area contributed by atoms with Crippen molar-refractivity contribution in [3.05, 3.63) is 63.0 Å². The van der Waals surface area contributed by atoms with Crippen molar-refractivity contribution >= 4 is 38.9 Å². The molecule has 4 rings (SSSR count). The minimum Gasteiger partial charge on any atom is -0.487 e. The molecule has 11 nitrogen and oxygen atoms in total. The number of nitrogens with one attached hydrogen (secondary N) is 1. The lowest BCUT2D eigenvalue weighted by atomic mass is 10.2. The second-order valence-electron chi connectivity index (χ2n) is 6.94. The monoisotopic (exact) mass is 535 g/mol. The number of carbonyl (C=O) groups is 1. The van der Waals surface area contributed by atoms with E-state index in [-0.39, 0.29) is 17.1 Å². The predicted octanol–water partition coefficient (Wildman–Crippen LogP) is 4.18. The molecule has 1 aromatic carbocycles. The topological polar surface area (TPSA) is 129 Å². The van der Waals surface area contributed by atoms with Crippen LogP contribution in [-0.2, 0) is 6.54 Å². The number of nitrogens with zero attached hydrogens (tertiary/aromatic N) is 6. The van der Waals surface area contributed by atoms with E-state index in [4.69, 9.17) is 4.74 Å². The highest BCUT2D eigenvalue weighted by molar-refractivity contribution is 9.10. The Bertz CT molecular complexity index is 1390. The van der Waals surface area contributed by atoms with Gasteiger partial charge in [-0.1, -0.05) is 0 Å². The number of alkyl halides is 2. The number of aromatic nitrogens is 5. The first kappa shape index (κ1) is 23.2. The highest BCUT2D eigenvalue weighted by atomic mass is 79.9. The number of ether oxygens (including phenoxy) is 1. The fraction of sp³-hybridized carbons (Fsp3) is 0.200. The minimum atomic E-state index is -2.76. The van der Waals surface area contributed by atoms with E-state index in [9.17, 15) is 23.7 Å². The smallest absolute Gasteiger partial charge is 0.276 e. The Labute approximate surface area is 198 Å². The van der Waals surface area contributed by atoms with Crippen LogP contribution < -0.4 is 10.1 Å². The Balaban J connectivity index is 1.65. The summed E-state index contributed by atoms with van der Waals surface area (Å²) in [6.07, 6.45) is 0.605. The Morgan fingerprint density at radius 1 is 1.29 bits per heavy atom. The number of rotatable bonds is 8. The molecule has 1 N–H and O–H groups in total. The zero-order valence-electron chi connectivity index (χ0n) is 17.5. The molecular formula is C20H16BrF2N7O4. The van der Waals surface area contributed by atoms with E-state index in [1.165, 1.54) is 16.6 Å². The van der Waals surface area contributed by atoms with Crippen molar-refractivity contribution in [3.8, 4) is 17.1 Å². The molecule has 0 aliphatic carbocycles. The molecule has 0 atom stereocenters. The molecule has 176 valence electrons. The third kappa shape index (κ3) is 4.85. The first-order valence-electron chi connectivity index (χ1n) is 9.85. The van der Waals surface area contributed by atoms with E-state index in [0.717, 1.165) is 16.6 Å². The number of amides is 1. The van der Waals surface area contributed by atoms with Crippen LogP contribution >= 0.6 is 15.9 Å². The van der Waals surface area contributed by atoms with Crippen molar-refractivity contribution in [2.24, 2.45) is 0 Å². The standard InChI is InChI=1S/C20H16BrF2N7O4/c1-2-28-9-14(21)19(27-28)16-3-4-24-18-8-15(26-29(16)18)20(31)25-11-5-12(30(32)33)7-13(6-11)34-10-17(22)23/h3-9,17H,2,10H2,1H3,(H,25,31). The quantitative estimate of drug-likeness (QED) is 0.264. The summed E-state index contributed by atoms with van der Waals surface area (Å²) >= 11 is 3.47. The van der Waals surface area contributed by atoms with Gasteiger partial charge in [-0.05, 0) is 28.9 Å². The summed E-state index contributed by atoms with van der Waals surface area (Å²) in [6, 6.07) is 6.42. The Morgan fingerprint density at radius 2 is 2.09 bits per heavy atom. The van der Waals surface area contributed by atoms with E-state index in [0.29, 0.717) is 23.6 Å². The first-order chi connectivity index (χ1) is 16.2. The third-order valence-corrected chi connectivity index (χ3v) is 5.19. The zero-order valence-corrected chi connectivity index (χ0v) is 19.1. The van der Waals surface area contributed by atoms with Crippen molar-refractivity contribution in [2.75, 3.05) is 11.9 Å². The Kier molecular flexibility index (Phi) is 6.49. The number of nitro benzene ring substituents is 1. The number of nitro groups is 1. The lowest BCUT2D eigenvalue weighted by Gasteiger charge is -2.08. The lowest BCUT2D eigenvalue weighted by molar-refractivity contribution is -0.384. The van der Waals surface area contributed by atoms with Gasteiger partial charge in [-0.25, -0.2) is 18.3 Å². The second kappa shape index (κ2) is 9.51. The van der Waals surface area contributed by atoms with E-state index < -0.39 is 29.6 Å². The van der Waals surface area contributed by atoms with Crippen LogP contribution in [0.2, 0.25) is 0 Å². The van der Waals surface area contributed by atoms with Crippen LogP contribution in [0, 0.1) is 10.1 Å². The van der Waals surface area contributed by atoms with Gasteiger partial charge in [-0.3, -0.25) is 19.6 Å².